The highest BCUT2D eigenvalue weighted by Gasteiger charge is 2.27. The zero-order valence-corrected chi connectivity index (χ0v) is 13.4. The molecule has 1 fully saturated rings. The summed E-state index contributed by atoms with van der Waals surface area (Å²) in [4.78, 5) is 2.50. The molecule has 2 rings (SSSR count). The van der Waals surface area contributed by atoms with E-state index < -0.39 is 0 Å². The maximum Gasteiger partial charge on any atom is 0.122 e. The molecule has 0 bridgehead atoms. The Hall–Kier alpha value is -1.02. The summed E-state index contributed by atoms with van der Waals surface area (Å²) >= 11 is 0. The van der Waals surface area contributed by atoms with Gasteiger partial charge in [0, 0.05) is 12.1 Å². The summed E-state index contributed by atoms with van der Waals surface area (Å²) in [5.41, 5.74) is 2.46. The van der Waals surface area contributed by atoms with Gasteiger partial charge in [-0.2, -0.15) is 0 Å². The number of likely N-dealkylation sites (tertiary alicyclic amines) is 1. The summed E-state index contributed by atoms with van der Waals surface area (Å²) in [6.45, 7) is 12.2. The molecule has 112 valence electrons. The normalized spacial score (nSPS) is 21.7. The Morgan fingerprint density at radius 1 is 1.20 bits per heavy atom. The largest absolute Gasteiger partial charge is 0.507 e. The average molecular weight is 275 g/mol. The molecule has 20 heavy (non-hydrogen) atoms. The number of aromatic hydroxyl groups is 1. The van der Waals surface area contributed by atoms with Gasteiger partial charge in [0.15, 0.2) is 0 Å². The summed E-state index contributed by atoms with van der Waals surface area (Å²) in [7, 11) is 0. The molecule has 1 N–H and O–H groups in total. The van der Waals surface area contributed by atoms with Gasteiger partial charge >= 0.3 is 0 Å². The van der Waals surface area contributed by atoms with Crippen molar-refractivity contribution < 1.29 is 5.11 Å². The van der Waals surface area contributed by atoms with Crippen molar-refractivity contribution in [1.82, 2.24) is 4.90 Å². The number of phenols is 1. The predicted octanol–water partition coefficient (Wildman–Crippen LogP) is 4.35. The third-order valence-electron chi connectivity index (χ3n) is 4.76. The van der Waals surface area contributed by atoms with Crippen molar-refractivity contribution in [2.75, 3.05) is 13.1 Å². The van der Waals surface area contributed by atoms with Crippen LogP contribution in [0.5, 0.6) is 5.75 Å². The summed E-state index contributed by atoms with van der Waals surface area (Å²) in [6, 6.07) is 6.06. The Kier molecular flexibility index (Phi) is 4.74. The quantitative estimate of drug-likeness (QED) is 0.867. The van der Waals surface area contributed by atoms with Crippen molar-refractivity contribution in [3.8, 4) is 5.75 Å². The molecule has 0 radical (unpaired) electrons. The van der Waals surface area contributed by atoms with Crippen LogP contribution in [0.1, 0.15) is 51.2 Å². The first-order chi connectivity index (χ1) is 9.38. The Morgan fingerprint density at radius 3 is 2.65 bits per heavy atom. The van der Waals surface area contributed by atoms with E-state index in [1.165, 1.54) is 19.3 Å². The van der Waals surface area contributed by atoms with Crippen molar-refractivity contribution in [1.29, 1.82) is 0 Å². The predicted molar refractivity (Wildman–Crippen MR) is 84.9 cm³/mol. The van der Waals surface area contributed by atoms with Gasteiger partial charge in [0.1, 0.15) is 5.75 Å². The van der Waals surface area contributed by atoms with Crippen LogP contribution < -0.4 is 0 Å². The van der Waals surface area contributed by atoms with E-state index in [2.05, 4.69) is 31.7 Å². The van der Waals surface area contributed by atoms with Gasteiger partial charge in [-0.05, 0) is 56.2 Å². The lowest BCUT2D eigenvalue weighted by atomic mass is 9.77. The van der Waals surface area contributed by atoms with Gasteiger partial charge in [0.2, 0.25) is 0 Å². The lowest BCUT2D eigenvalue weighted by Crippen LogP contribution is -2.26. The Labute approximate surface area is 123 Å². The van der Waals surface area contributed by atoms with E-state index in [1.54, 1.807) is 0 Å². The van der Waals surface area contributed by atoms with E-state index in [1.807, 2.05) is 19.1 Å². The van der Waals surface area contributed by atoms with Crippen molar-refractivity contribution in [2.45, 2.75) is 53.5 Å². The zero-order valence-electron chi connectivity index (χ0n) is 13.4. The fourth-order valence-electron chi connectivity index (χ4n) is 3.27. The molecular formula is C18H29NO. The highest BCUT2D eigenvalue weighted by Crippen LogP contribution is 2.34. The lowest BCUT2D eigenvalue weighted by Gasteiger charge is -2.29. The molecule has 1 aromatic carbocycles. The summed E-state index contributed by atoms with van der Waals surface area (Å²) in [6.07, 6.45) is 3.88. The van der Waals surface area contributed by atoms with Crippen molar-refractivity contribution in [2.24, 2.45) is 11.3 Å². The second kappa shape index (κ2) is 6.17. The van der Waals surface area contributed by atoms with Gasteiger partial charge < -0.3 is 5.11 Å². The third kappa shape index (κ3) is 3.76. The second-order valence-electron chi connectivity index (χ2n) is 7.35. The third-order valence-corrected chi connectivity index (χ3v) is 4.76. The first kappa shape index (κ1) is 15.4. The minimum absolute atomic E-state index is 0.418. The molecule has 2 nitrogen and oxygen atoms in total. The number of phenolic OH excluding ortho intramolecular Hbond substituents is 1. The van der Waals surface area contributed by atoms with Crippen molar-refractivity contribution in [3.63, 3.8) is 0 Å². The first-order valence-corrected chi connectivity index (χ1v) is 7.88. The SMILES string of the molecule is Cc1cccc(CN2CCCC(C(C)(C)C)CC2)c1O. The molecule has 1 aliphatic rings. The fraction of sp³-hybridized carbons (Fsp3) is 0.667. The summed E-state index contributed by atoms with van der Waals surface area (Å²) in [5, 5.41) is 10.2. The molecule has 1 heterocycles. The maximum absolute atomic E-state index is 10.2. The molecule has 1 atom stereocenters. The lowest BCUT2D eigenvalue weighted by molar-refractivity contribution is 0.206. The molecule has 0 spiro atoms. The van der Waals surface area contributed by atoms with E-state index in [-0.39, 0.29) is 0 Å². The summed E-state index contributed by atoms with van der Waals surface area (Å²) in [5.74, 6) is 1.29. The van der Waals surface area contributed by atoms with E-state index in [0.29, 0.717) is 11.2 Å². The van der Waals surface area contributed by atoms with Crippen LogP contribution in [0.3, 0.4) is 0 Å². The fourth-order valence-corrected chi connectivity index (χ4v) is 3.27. The average Bonchev–Trinajstić information content (AvgIpc) is 2.60. The van der Waals surface area contributed by atoms with Crippen LogP contribution in [0.25, 0.3) is 0 Å². The van der Waals surface area contributed by atoms with Crippen LogP contribution in [-0.2, 0) is 6.54 Å². The molecule has 2 heteroatoms. The van der Waals surface area contributed by atoms with Crippen LogP contribution in [0.4, 0.5) is 0 Å². The van der Waals surface area contributed by atoms with E-state index in [9.17, 15) is 5.11 Å². The maximum atomic E-state index is 10.2. The minimum Gasteiger partial charge on any atom is -0.507 e. The molecule has 0 aromatic heterocycles. The van der Waals surface area contributed by atoms with Crippen LogP contribution in [0.2, 0.25) is 0 Å². The highest BCUT2D eigenvalue weighted by atomic mass is 16.3. The Bertz CT molecular complexity index is 447. The number of rotatable bonds is 2. The first-order valence-electron chi connectivity index (χ1n) is 7.88. The molecule has 1 aromatic rings. The molecule has 0 aliphatic carbocycles. The van der Waals surface area contributed by atoms with Crippen molar-refractivity contribution >= 4 is 0 Å². The van der Waals surface area contributed by atoms with Gasteiger partial charge in [0.05, 0.1) is 0 Å². The van der Waals surface area contributed by atoms with Gasteiger partial charge in [-0.3, -0.25) is 4.90 Å². The number of hydrogen-bond acceptors (Lipinski definition) is 2. The number of benzene rings is 1. The number of hydrogen-bond donors (Lipinski definition) is 1. The molecule has 1 saturated heterocycles. The van der Waals surface area contributed by atoms with Gasteiger partial charge in [-0.25, -0.2) is 0 Å². The van der Waals surface area contributed by atoms with E-state index in [4.69, 9.17) is 0 Å². The van der Waals surface area contributed by atoms with Crippen LogP contribution in [0.15, 0.2) is 18.2 Å². The van der Waals surface area contributed by atoms with Crippen LogP contribution in [0, 0.1) is 18.3 Å². The second-order valence-corrected chi connectivity index (χ2v) is 7.35. The van der Waals surface area contributed by atoms with Crippen molar-refractivity contribution in [3.05, 3.63) is 29.3 Å². The van der Waals surface area contributed by atoms with Crippen LogP contribution >= 0.6 is 0 Å². The topological polar surface area (TPSA) is 23.5 Å². The minimum atomic E-state index is 0.418. The number of aryl methyl sites for hydroxylation is 1. The number of para-hydroxylation sites is 1. The standard InChI is InChI=1S/C18H29NO/c1-14-7-5-8-15(17(14)20)13-19-11-6-9-16(10-12-19)18(2,3)4/h5,7-8,16,20H,6,9-13H2,1-4H3. The smallest absolute Gasteiger partial charge is 0.122 e. The molecule has 0 saturated carbocycles. The van der Waals surface area contributed by atoms with Gasteiger partial charge in [-0.1, -0.05) is 39.0 Å². The Balaban J connectivity index is 1.99. The van der Waals surface area contributed by atoms with Gasteiger partial charge in [-0.15, -0.1) is 0 Å². The van der Waals surface area contributed by atoms with E-state index >= 15 is 0 Å². The van der Waals surface area contributed by atoms with Crippen LogP contribution in [-0.4, -0.2) is 23.1 Å². The Morgan fingerprint density at radius 2 is 1.95 bits per heavy atom. The number of nitrogens with zero attached hydrogens (tertiary/aromatic N) is 1. The van der Waals surface area contributed by atoms with E-state index in [0.717, 1.165) is 36.7 Å². The highest BCUT2D eigenvalue weighted by molar-refractivity contribution is 5.39. The summed E-state index contributed by atoms with van der Waals surface area (Å²) < 4.78 is 0. The molecular weight excluding hydrogens is 246 g/mol. The van der Waals surface area contributed by atoms with Gasteiger partial charge in [0.25, 0.3) is 0 Å². The zero-order chi connectivity index (χ0) is 14.8. The molecule has 0 amide bonds. The molecule has 1 unspecified atom stereocenters. The molecule has 1 aliphatic heterocycles. The monoisotopic (exact) mass is 275 g/mol.